The summed E-state index contributed by atoms with van der Waals surface area (Å²) in [4.78, 5) is 0. The van der Waals surface area contributed by atoms with E-state index in [1.807, 2.05) is 0 Å². The maximum Gasteiger partial charge on any atom is 0.391 e. The Kier molecular flexibility index (Phi) is 7.54. The largest absolute Gasteiger partial charge is 0.391 e. The summed E-state index contributed by atoms with van der Waals surface area (Å²) in [5.41, 5.74) is 0.0712. The van der Waals surface area contributed by atoms with E-state index in [9.17, 15) is 26.2 Å². The average molecular weight is 446 g/mol. The quantitative estimate of drug-likeness (QED) is 0.408. The number of nitrogens with one attached hydrogen (secondary N) is 1. The van der Waals surface area contributed by atoms with E-state index >= 15 is 0 Å². The van der Waals surface area contributed by atoms with E-state index in [0.717, 1.165) is 6.07 Å². The van der Waals surface area contributed by atoms with E-state index in [1.165, 1.54) is 6.07 Å². The van der Waals surface area contributed by atoms with Gasteiger partial charge in [0.05, 0.1) is 21.7 Å². The fraction of sp³-hybridized carbons (Fsp3) is 0.684. The van der Waals surface area contributed by atoms with Crippen molar-refractivity contribution in [2.24, 2.45) is 11.8 Å². The van der Waals surface area contributed by atoms with Crippen LogP contribution in [0.5, 0.6) is 0 Å². The molecule has 0 aliphatic heterocycles. The SMILES string of the molecule is CC(C)(C)S(=O)NC(CC1CCC(C(F)(F)F)CC1)c1ccc(F)c(Cl)c1F. The molecule has 0 radical (unpaired) electrons. The van der Waals surface area contributed by atoms with Gasteiger partial charge in [0.1, 0.15) is 16.7 Å². The van der Waals surface area contributed by atoms with E-state index in [2.05, 4.69) is 4.72 Å². The molecule has 0 heterocycles. The number of benzene rings is 1. The van der Waals surface area contributed by atoms with E-state index in [1.54, 1.807) is 20.8 Å². The molecule has 2 atom stereocenters. The molecule has 1 aromatic carbocycles. The van der Waals surface area contributed by atoms with Crippen LogP contribution in [0.25, 0.3) is 0 Å². The highest BCUT2D eigenvalue weighted by atomic mass is 35.5. The van der Waals surface area contributed by atoms with Crippen LogP contribution < -0.4 is 4.72 Å². The number of halogens is 6. The lowest BCUT2D eigenvalue weighted by atomic mass is 9.78. The topological polar surface area (TPSA) is 29.1 Å². The standard InChI is InChI=1S/C19H25ClF5NOS/c1-18(2,3)28(27)26-15(13-8-9-14(21)16(20)17(13)22)10-11-4-6-12(7-5-11)19(23,24)25/h8-9,11-12,15,26H,4-7,10H2,1-3H3. The summed E-state index contributed by atoms with van der Waals surface area (Å²) in [6, 6.07) is 1.54. The molecular formula is C19H25ClF5NOS. The Hall–Kier alpha value is -0.730. The van der Waals surface area contributed by atoms with Crippen molar-refractivity contribution >= 4 is 22.6 Å². The van der Waals surface area contributed by atoms with Gasteiger partial charge in [0.25, 0.3) is 0 Å². The molecule has 0 saturated heterocycles. The van der Waals surface area contributed by atoms with Gasteiger partial charge in [-0.05, 0) is 64.9 Å². The summed E-state index contributed by atoms with van der Waals surface area (Å²) >= 11 is 5.69. The Morgan fingerprint density at radius 2 is 1.71 bits per heavy atom. The Bertz CT molecular complexity index is 712. The third-order valence-electron chi connectivity index (χ3n) is 5.12. The second-order valence-electron chi connectivity index (χ2n) is 8.31. The number of hydrogen-bond donors (Lipinski definition) is 1. The van der Waals surface area contributed by atoms with Crippen molar-refractivity contribution < 1.29 is 26.2 Å². The van der Waals surface area contributed by atoms with Gasteiger partial charge in [-0.2, -0.15) is 13.2 Å². The van der Waals surface area contributed by atoms with Gasteiger partial charge < -0.3 is 0 Å². The van der Waals surface area contributed by atoms with Crippen molar-refractivity contribution in [3.8, 4) is 0 Å². The van der Waals surface area contributed by atoms with Crippen LogP contribution in [-0.4, -0.2) is 15.1 Å². The third-order valence-corrected chi connectivity index (χ3v) is 7.08. The van der Waals surface area contributed by atoms with Gasteiger partial charge in [-0.1, -0.05) is 17.7 Å². The van der Waals surface area contributed by atoms with E-state index in [-0.39, 0.29) is 24.3 Å². The zero-order chi connectivity index (χ0) is 21.3. The van der Waals surface area contributed by atoms with Crippen LogP contribution in [0.15, 0.2) is 12.1 Å². The molecule has 1 aliphatic carbocycles. The average Bonchev–Trinajstić information content (AvgIpc) is 2.58. The molecule has 1 saturated carbocycles. The van der Waals surface area contributed by atoms with Crippen LogP contribution in [0, 0.1) is 23.5 Å². The normalized spacial score (nSPS) is 23.5. The smallest absolute Gasteiger partial charge is 0.242 e. The van der Waals surface area contributed by atoms with E-state index in [0.29, 0.717) is 19.3 Å². The summed E-state index contributed by atoms with van der Waals surface area (Å²) in [7, 11) is -1.55. The minimum atomic E-state index is -4.20. The minimum absolute atomic E-state index is 0.0237. The lowest BCUT2D eigenvalue weighted by Gasteiger charge is -2.33. The van der Waals surface area contributed by atoms with Crippen LogP contribution in [0.3, 0.4) is 0 Å². The molecule has 2 nitrogen and oxygen atoms in total. The maximum absolute atomic E-state index is 14.6. The van der Waals surface area contributed by atoms with Crippen LogP contribution in [0.1, 0.15) is 64.5 Å². The molecule has 1 aromatic rings. The summed E-state index contributed by atoms with van der Waals surface area (Å²) in [5.74, 6) is -3.23. The van der Waals surface area contributed by atoms with Crippen molar-refractivity contribution in [1.29, 1.82) is 0 Å². The first-order chi connectivity index (χ1) is 12.8. The molecule has 2 rings (SSSR count). The molecule has 0 aromatic heterocycles. The molecule has 1 aliphatic rings. The molecule has 160 valence electrons. The van der Waals surface area contributed by atoms with Gasteiger partial charge in [0.15, 0.2) is 0 Å². The molecule has 0 amide bonds. The summed E-state index contributed by atoms with van der Waals surface area (Å²) in [5, 5.41) is -0.647. The molecular weight excluding hydrogens is 421 g/mol. The minimum Gasteiger partial charge on any atom is -0.242 e. The Balaban J connectivity index is 2.21. The van der Waals surface area contributed by atoms with Crippen LogP contribution in [0.2, 0.25) is 5.02 Å². The lowest BCUT2D eigenvalue weighted by Crippen LogP contribution is -2.37. The second-order valence-corrected chi connectivity index (χ2v) is 10.7. The van der Waals surface area contributed by atoms with Gasteiger partial charge in [-0.15, -0.1) is 0 Å². The predicted octanol–water partition coefficient (Wildman–Crippen LogP) is 6.47. The van der Waals surface area contributed by atoms with Crippen molar-refractivity contribution in [2.75, 3.05) is 0 Å². The molecule has 28 heavy (non-hydrogen) atoms. The summed E-state index contributed by atoms with van der Waals surface area (Å²) in [6.45, 7) is 5.24. The van der Waals surface area contributed by atoms with Gasteiger partial charge in [-0.25, -0.2) is 17.7 Å². The highest BCUT2D eigenvalue weighted by Gasteiger charge is 2.42. The summed E-state index contributed by atoms with van der Waals surface area (Å²) in [6.07, 6.45) is -3.16. The van der Waals surface area contributed by atoms with Crippen molar-refractivity contribution in [3.05, 3.63) is 34.4 Å². The van der Waals surface area contributed by atoms with Crippen LogP contribution in [0.4, 0.5) is 22.0 Å². The van der Waals surface area contributed by atoms with Crippen molar-refractivity contribution in [2.45, 2.75) is 69.8 Å². The molecule has 0 spiro atoms. The van der Waals surface area contributed by atoms with Crippen LogP contribution in [-0.2, 0) is 11.0 Å². The first-order valence-corrected chi connectivity index (χ1v) is 10.7. The molecule has 9 heteroatoms. The fourth-order valence-electron chi connectivity index (χ4n) is 3.41. The highest BCUT2D eigenvalue weighted by Crippen LogP contribution is 2.42. The molecule has 2 unspecified atom stereocenters. The van der Waals surface area contributed by atoms with E-state index in [4.69, 9.17) is 11.6 Å². The van der Waals surface area contributed by atoms with Gasteiger partial charge >= 0.3 is 6.18 Å². The summed E-state index contributed by atoms with van der Waals surface area (Å²) < 4.78 is 81.6. The first-order valence-electron chi connectivity index (χ1n) is 9.19. The fourth-order valence-corrected chi connectivity index (χ4v) is 4.42. The lowest BCUT2D eigenvalue weighted by molar-refractivity contribution is -0.184. The monoisotopic (exact) mass is 445 g/mol. The zero-order valence-corrected chi connectivity index (χ0v) is 17.6. The Labute approximate surface area is 169 Å². The van der Waals surface area contributed by atoms with Gasteiger partial charge in [-0.3, -0.25) is 0 Å². The van der Waals surface area contributed by atoms with E-state index < -0.39 is 50.5 Å². The van der Waals surface area contributed by atoms with Crippen molar-refractivity contribution in [3.63, 3.8) is 0 Å². The first kappa shape index (κ1) is 23.5. The number of hydrogen-bond acceptors (Lipinski definition) is 1. The zero-order valence-electron chi connectivity index (χ0n) is 16.0. The maximum atomic E-state index is 14.6. The van der Waals surface area contributed by atoms with Crippen molar-refractivity contribution in [1.82, 2.24) is 4.72 Å². The Morgan fingerprint density at radius 3 is 2.21 bits per heavy atom. The highest BCUT2D eigenvalue weighted by molar-refractivity contribution is 7.84. The number of alkyl halides is 3. The Morgan fingerprint density at radius 1 is 1.14 bits per heavy atom. The number of rotatable bonds is 5. The molecule has 1 fully saturated rings. The third kappa shape index (κ3) is 5.89. The van der Waals surface area contributed by atoms with Gasteiger partial charge in [0.2, 0.25) is 0 Å². The van der Waals surface area contributed by atoms with Crippen LogP contribution >= 0.6 is 11.6 Å². The second kappa shape index (κ2) is 8.96. The predicted molar refractivity (Wildman–Crippen MR) is 101 cm³/mol. The van der Waals surface area contributed by atoms with Gasteiger partial charge in [0, 0.05) is 11.6 Å². The molecule has 0 bridgehead atoms. The molecule has 1 N–H and O–H groups in total.